The molecule has 0 fully saturated rings. The summed E-state index contributed by atoms with van der Waals surface area (Å²) in [5.41, 5.74) is 8.51. The fraction of sp³-hybridized carbons (Fsp3) is 0.500. The van der Waals surface area contributed by atoms with Gasteiger partial charge in [-0.2, -0.15) is 0 Å². The van der Waals surface area contributed by atoms with Gasteiger partial charge in [0.2, 0.25) is 0 Å². The fourth-order valence-electron chi connectivity index (χ4n) is 2.19. The van der Waals surface area contributed by atoms with Crippen LogP contribution < -0.4 is 15.4 Å². The Morgan fingerprint density at radius 3 is 2.67 bits per heavy atom. The van der Waals surface area contributed by atoms with E-state index in [1.807, 2.05) is 26.0 Å². The van der Waals surface area contributed by atoms with Crippen LogP contribution in [0.15, 0.2) is 12.1 Å². The molecule has 0 radical (unpaired) electrons. The lowest BCUT2D eigenvalue weighted by Crippen LogP contribution is -2.46. The molecular formula is C14H20N2O2. The maximum absolute atomic E-state index is 12.2. The van der Waals surface area contributed by atoms with E-state index in [2.05, 4.69) is 6.92 Å². The minimum absolute atomic E-state index is 0.00912. The maximum atomic E-state index is 12.2. The lowest BCUT2D eigenvalue weighted by molar-refractivity contribution is -0.127. The van der Waals surface area contributed by atoms with E-state index < -0.39 is 6.10 Å². The fourth-order valence-corrected chi connectivity index (χ4v) is 2.19. The van der Waals surface area contributed by atoms with E-state index >= 15 is 0 Å². The van der Waals surface area contributed by atoms with Gasteiger partial charge in [-0.1, -0.05) is 20.8 Å². The molecule has 4 nitrogen and oxygen atoms in total. The van der Waals surface area contributed by atoms with Crippen molar-refractivity contribution >= 4 is 17.3 Å². The maximum Gasteiger partial charge on any atom is 0.268 e. The number of hydrogen-bond acceptors (Lipinski definition) is 3. The summed E-state index contributed by atoms with van der Waals surface area (Å²) in [6, 6.07) is 3.89. The molecule has 98 valence electrons. The number of nitrogens with two attached hydrogens (primary N) is 1. The van der Waals surface area contributed by atoms with Gasteiger partial charge in [0.1, 0.15) is 0 Å². The number of amides is 1. The Kier molecular flexibility index (Phi) is 3.20. The molecule has 1 aliphatic rings. The second-order valence-electron chi connectivity index (χ2n) is 5.07. The Balaban J connectivity index is 2.51. The number of carbonyl (C=O) groups is 1. The highest BCUT2D eigenvalue weighted by Crippen LogP contribution is 2.40. The zero-order valence-electron chi connectivity index (χ0n) is 11.4. The number of carbonyl (C=O) groups excluding carboxylic acids is 1. The number of fused-ring (bicyclic) bond motifs is 1. The number of benzene rings is 1. The Bertz CT molecular complexity index is 483. The van der Waals surface area contributed by atoms with E-state index in [1.165, 1.54) is 0 Å². The molecule has 0 spiro atoms. The molecule has 4 heteroatoms. The second-order valence-corrected chi connectivity index (χ2v) is 5.07. The normalized spacial score (nSPS) is 18.8. The first-order chi connectivity index (χ1) is 8.45. The Morgan fingerprint density at radius 2 is 2.11 bits per heavy atom. The summed E-state index contributed by atoms with van der Waals surface area (Å²) in [4.78, 5) is 13.9. The van der Waals surface area contributed by atoms with Gasteiger partial charge in [0.05, 0.1) is 11.4 Å². The third kappa shape index (κ3) is 1.92. The Labute approximate surface area is 108 Å². The summed E-state index contributed by atoms with van der Waals surface area (Å²) in [6.45, 7) is 6.00. The van der Waals surface area contributed by atoms with Crippen LogP contribution in [0.3, 0.4) is 0 Å². The molecule has 2 N–H and O–H groups in total. The van der Waals surface area contributed by atoms with E-state index in [1.54, 1.807) is 11.9 Å². The summed E-state index contributed by atoms with van der Waals surface area (Å²) >= 11 is 0. The second kappa shape index (κ2) is 4.52. The molecule has 18 heavy (non-hydrogen) atoms. The monoisotopic (exact) mass is 248 g/mol. The van der Waals surface area contributed by atoms with Gasteiger partial charge >= 0.3 is 0 Å². The third-order valence-corrected chi connectivity index (χ3v) is 3.35. The molecular weight excluding hydrogens is 228 g/mol. The van der Waals surface area contributed by atoms with Crippen molar-refractivity contribution in [2.24, 2.45) is 5.92 Å². The molecule has 0 saturated heterocycles. The minimum atomic E-state index is -0.447. The van der Waals surface area contributed by atoms with Crippen LogP contribution >= 0.6 is 0 Å². The van der Waals surface area contributed by atoms with Crippen molar-refractivity contribution in [3.8, 4) is 5.75 Å². The van der Waals surface area contributed by atoms with Gasteiger partial charge < -0.3 is 15.4 Å². The van der Waals surface area contributed by atoms with Crippen LogP contribution in [0.4, 0.5) is 11.4 Å². The van der Waals surface area contributed by atoms with Crippen molar-refractivity contribution in [2.45, 2.75) is 33.3 Å². The van der Waals surface area contributed by atoms with E-state index in [9.17, 15) is 4.79 Å². The predicted molar refractivity (Wildman–Crippen MR) is 72.9 cm³/mol. The van der Waals surface area contributed by atoms with Crippen LogP contribution in [0.2, 0.25) is 0 Å². The summed E-state index contributed by atoms with van der Waals surface area (Å²) in [7, 11) is 1.78. The molecule has 2 rings (SSSR count). The quantitative estimate of drug-likeness (QED) is 0.816. The first-order valence-corrected chi connectivity index (χ1v) is 6.32. The van der Waals surface area contributed by atoms with Crippen molar-refractivity contribution in [2.75, 3.05) is 17.7 Å². The van der Waals surface area contributed by atoms with Gasteiger partial charge in [-0.15, -0.1) is 0 Å². The van der Waals surface area contributed by atoms with Gasteiger partial charge in [0.15, 0.2) is 11.9 Å². The standard InChI is InChI=1S/C14H20N2O2/c1-5-9-6-10(15)13-11(7-9)16(4)14(17)12(18-13)8(2)3/h6-8,12H,5,15H2,1-4H3. The summed E-state index contributed by atoms with van der Waals surface area (Å²) < 4.78 is 5.79. The van der Waals surface area contributed by atoms with E-state index in [0.29, 0.717) is 11.4 Å². The smallest absolute Gasteiger partial charge is 0.268 e. The van der Waals surface area contributed by atoms with Gasteiger partial charge in [-0.25, -0.2) is 0 Å². The molecule has 0 aliphatic carbocycles. The lowest BCUT2D eigenvalue weighted by atomic mass is 10.0. The van der Waals surface area contributed by atoms with E-state index in [-0.39, 0.29) is 11.8 Å². The average Bonchev–Trinajstić information content (AvgIpc) is 2.33. The van der Waals surface area contributed by atoms with Crippen LogP contribution in [-0.4, -0.2) is 19.1 Å². The van der Waals surface area contributed by atoms with E-state index in [4.69, 9.17) is 10.5 Å². The molecule has 0 saturated carbocycles. The average molecular weight is 248 g/mol. The third-order valence-electron chi connectivity index (χ3n) is 3.35. The van der Waals surface area contributed by atoms with Crippen LogP contribution in [0.5, 0.6) is 5.75 Å². The van der Waals surface area contributed by atoms with Crippen LogP contribution in [0.1, 0.15) is 26.3 Å². The first-order valence-electron chi connectivity index (χ1n) is 6.32. The molecule has 1 unspecified atom stereocenters. The molecule has 1 amide bonds. The molecule has 1 atom stereocenters. The molecule has 0 bridgehead atoms. The molecule has 1 aromatic rings. The predicted octanol–water partition coefficient (Wildman–Crippen LogP) is 2.21. The molecule has 1 aromatic carbocycles. The number of anilines is 2. The number of nitrogen functional groups attached to an aromatic ring is 1. The van der Waals surface area contributed by atoms with Crippen LogP contribution in [-0.2, 0) is 11.2 Å². The summed E-state index contributed by atoms with van der Waals surface area (Å²) in [6.07, 6.45) is 0.435. The van der Waals surface area contributed by atoms with Gasteiger partial charge in [-0.3, -0.25) is 4.79 Å². The van der Waals surface area contributed by atoms with E-state index in [0.717, 1.165) is 17.7 Å². The number of hydrogen-bond donors (Lipinski definition) is 1. The molecule has 0 aromatic heterocycles. The van der Waals surface area contributed by atoms with Crippen molar-refractivity contribution in [3.63, 3.8) is 0 Å². The van der Waals surface area contributed by atoms with Crippen molar-refractivity contribution in [3.05, 3.63) is 17.7 Å². The minimum Gasteiger partial charge on any atom is -0.476 e. The number of ether oxygens (including phenoxy) is 1. The van der Waals surface area contributed by atoms with Crippen molar-refractivity contribution in [1.29, 1.82) is 0 Å². The zero-order valence-corrected chi connectivity index (χ0v) is 11.4. The Morgan fingerprint density at radius 1 is 1.44 bits per heavy atom. The Hall–Kier alpha value is -1.71. The lowest BCUT2D eigenvalue weighted by Gasteiger charge is -2.34. The van der Waals surface area contributed by atoms with Crippen LogP contribution in [0, 0.1) is 5.92 Å². The first kappa shape index (κ1) is 12.7. The van der Waals surface area contributed by atoms with Crippen LogP contribution in [0.25, 0.3) is 0 Å². The number of likely N-dealkylation sites (N-methyl/N-ethyl adjacent to an activating group) is 1. The number of rotatable bonds is 2. The summed E-state index contributed by atoms with van der Waals surface area (Å²) in [5, 5.41) is 0. The van der Waals surface area contributed by atoms with Crippen molar-refractivity contribution in [1.82, 2.24) is 0 Å². The largest absolute Gasteiger partial charge is 0.476 e. The highest BCUT2D eigenvalue weighted by Gasteiger charge is 2.35. The highest BCUT2D eigenvalue weighted by molar-refractivity contribution is 6.01. The van der Waals surface area contributed by atoms with Gasteiger partial charge in [0, 0.05) is 7.05 Å². The topological polar surface area (TPSA) is 55.6 Å². The van der Waals surface area contributed by atoms with Crippen molar-refractivity contribution < 1.29 is 9.53 Å². The SMILES string of the molecule is CCc1cc(N)c2c(c1)N(C)C(=O)C(C(C)C)O2. The summed E-state index contributed by atoms with van der Waals surface area (Å²) in [5.74, 6) is 0.747. The number of nitrogens with zero attached hydrogens (tertiary/aromatic N) is 1. The highest BCUT2D eigenvalue weighted by atomic mass is 16.5. The zero-order chi connectivity index (χ0) is 13.4. The van der Waals surface area contributed by atoms with Gasteiger partial charge in [-0.05, 0) is 30.0 Å². The molecule has 1 heterocycles. The molecule has 1 aliphatic heterocycles. The number of aryl methyl sites for hydroxylation is 1. The van der Waals surface area contributed by atoms with Gasteiger partial charge in [0.25, 0.3) is 5.91 Å².